The van der Waals surface area contributed by atoms with Crippen LogP contribution in [0.4, 0.5) is 0 Å². The molecule has 0 saturated carbocycles. The molecule has 1 aliphatic heterocycles. The van der Waals surface area contributed by atoms with E-state index in [-0.39, 0.29) is 12.0 Å². The molecular weight excluding hydrogens is 260 g/mol. The molecule has 1 amide bonds. The normalized spacial score (nSPS) is 18.7. The summed E-state index contributed by atoms with van der Waals surface area (Å²) in [5, 5.41) is 2.05. The Morgan fingerprint density at radius 3 is 3.11 bits per heavy atom. The van der Waals surface area contributed by atoms with Crippen LogP contribution in [0.5, 0.6) is 0 Å². The number of hydrogen-bond donors (Lipinski definition) is 1. The monoisotopic (exact) mass is 282 g/mol. The lowest BCUT2D eigenvalue weighted by Crippen LogP contribution is -2.36. The van der Waals surface area contributed by atoms with Gasteiger partial charge in [0, 0.05) is 24.4 Å². The third-order valence-electron chi connectivity index (χ3n) is 3.32. The van der Waals surface area contributed by atoms with Gasteiger partial charge in [-0.2, -0.15) is 0 Å². The summed E-state index contributed by atoms with van der Waals surface area (Å²) in [5.41, 5.74) is 5.48. The van der Waals surface area contributed by atoms with Crippen molar-refractivity contribution in [3.8, 4) is 0 Å². The number of ether oxygens (including phenoxy) is 1. The van der Waals surface area contributed by atoms with Gasteiger partial charge >= 0.3 is 0 Å². The molecule has 0 aromatic carbocycles. The van der Waals surface area contributed by atoms with Crippen molar-refractivity contribution < 1.29 is 9.53 Å². The zero-order valence-corrected chi connectivity index (χ0v) is 12.0. The lowest BCUT2D eigenvalue weighted by molar-refractivity contribution is -0.133. The SMILES string of the molecule is NCCCC(=O)N(Cc1cccs1)CC1CCCO1. The fraction of sp³-hybridized carbons (Fsp3) is 0.643. The van der Waals surface area contributed by atoms with Crippen LogP contribution in [0.3, 0.4) is 0 Å². The second-order valence-corrected chi connectivity index (χ2v) is 5.91. The van der Waals surface area contributed by atoms with Crippen LogP contribution in [-0.2, 0) is 16.1 Å². The molecule has 1 aromatic rings. The van der Waals surface area contributed by atoms with Crippen molar-refractivity contribution in [2.24, 2.45) is 5.73 Å². The van der Waals surface area contributed by atoms with Crippen LogP contribution in [0.15, 0.2) is 17.5 Å². The maximum Gasteiger partial charge on any atom is 0.223 e. The van der Waals surface area contributed by atoms with E-state index in [1.165, 1.54) is 4.88 Å². The summed E-state index contributed by atoms with van der Waals surface area (Å²) in [6.07, 6.45) is 3.67. The van der Waals surface area contributed by atoms with E-state index in [0.29, 0.717) is 26.1 Å². The molecule has 1 aromatic heterocycles. The average Bonchev–Trinajstić information content (AvgIpc) is 3.08. The molecule has 0 aliphatic carbocycles. The van der Waals surface area contributed by atoms with E-state index >= 15 is 0 Å². The van der Waals surface area contributed by atoms with E-state index in [1.54, 1.807) is 11.3 Å². The van der Waals surface area contributed by atoms with Gasteiger partial charge in [-0.1, -0.05) is 6.07 Å². The maximum absolute atomic E-state index is 12.2. The third-order valence-corrected chi connectivity index (χ3v) is 4.18. The highest BCUT2D eigenvalue weighted by atomic mass is 32.1. The van der Waals surface area contributed by atoms with E-state index in [0.717, 1.165) is 25.9 Å². The smallest absolute Gasteiger partial charge is 0.223 e. The number of nitrogens with zero attached hydrogens (tertiary/aromatic N) is 1. The van der Waals surface area contributed by atoms with Gasteiger partial charge < -0.3 is 15.4 Å². The number of hydrogen-bond acceptors (Lipinski definition) is 4. The topological polar surface area (TPSA) is 55.6 Å². The molecule has 19 heavy (non-hydrogen) atoms. The molecule has 2 rings (SSSR count). The molecule has 5 heteroatoms. The van der Waals surface area contributed by atoms with E-state index in [4.69, 9.17) is 10.5 Å². The molecule has 0 bridgehead atoms. The van der Waals surface area contributed by atoms with Crippen LogP contribution in [0.2, 0.25) is 0 Å². The molecule has 1 aliphatic rings. The van der Waals surface area contributed by atoms with Crippen molar-refractivity contribution in [2.75, 3.05) is 19.7 Å². The minimum Gasteiger partial charge on any atom is -0.376 e. The van der Waals surface area contributed by atoms with Gasteiger partial charge in [0.2, 0.25) is 5.91 Å². The molecule has 2 heterocycles. The van der Waals surface area contributed by atoms with Crippen molar-refractivity contribution in [1.82, 2.24) is 4.90 Å². The zero-order valence-electron chi connectivity index (χ0n) is 11.2. The number of carbonyl (C=O) groups excluding carboxylic acids is 1. The first-order chi connectivity index (χ1) is 9.29. The Morgan fingerprint density at radius 1 is 1.58 bits per heavy atom. The van der Waals surface area contributed by atoms with Gasteiger partial charge in [-0.05, 0) is 37.3 Å². The lowest BCUT2D eigenvalue weighted by Gasteiger charge is -2.25. The van der Waals surface area contributed by atoms with Crippen molar-refractivity contribution in [3.05, 3.63) is 22.4 Å². The Kier molecular flexibility index (Phi) is 5.82. The number of nitrogens with two attached hydrogens (primary N) is 1. The van der Waals surface area contributed by atoms with Crippen molar-refractivity contribution in [2.45, 2.75) is 38.3 Å². The maximum atomic E-state index is 12.2. The van der Waals surface area contributed by atoms with Crippen molar-refractivity contribution >= 4 is 17.2 Å². The second kappa shape index (κ2) is 7.62. The molecule has 0 radical (unpaired) electrons. The minimum absolute atomic E-state index is 0.189. The highest BCUT2D eigenvalue weighted by molar-refractivity contribution is 7.09. The lowest BCUT2D eigenvalue weighted by atomic mass is 10.2. The van der Waals surface area contributed by atoms with Crippen molar-refractivity contribution in [1.29, 1.82) is 0 Å². The minimum atomic E-state index is 0.189. The standard InChI is InChI=1S/C14H22N2O2S/c15-7-1-6-14(17)16(10-12-4-2-8-18-12)11-13-5-3-9-19-13/h3,5,9,12H,1-2,4,6-8,10-11,15H2. The van der Waals surface area contributed by atoms with E-state index < -0.39 is 0 Å². The Bertz CT molecular complexity index is 375. The van der Waals surface area contributed by atoms with Gasteiger partial charge in [0.05, 0.1) is 12.6 Å². The van der Waals surface area contributed by atoms with Gasteiger partial charge in [0.1, 0.15) is 0 Å². The summed E-state index contributed by atoms with van der Waals surface area (Å²) in [7, 11) is 0. The average molecular weight is 282 g/mol. The Hall–Kier alpha value is -0.910. The summed E-state index contributed by atoms with van der Waals surface area (Å²) in [5.74, 6) is 0.189. The molecule has 1 atom stereocenters. The van der Waals surface area contributed by atoms with Crippen LogP contribution in [-0.4, -0.2) is 36.6 Å². The molecular formula is C14H22N2O2S. The predicted octanol–water partition coefficient (Wildman–Crippen LogP) is 1.99. The molecule has 1 fully saturated rings. The Balaban J connectivity index is 1.92. The van der Waals surface area contributed by atoms with E-state index in [9.17, 15) is 4.79 Å². The quantitative estimate of drug-likeness (QED) is 0.832. The summed E-state index contributed by atoms with van der Waals surface area (Å²) in [6.45, 7) is 2.80. The van der Waals surface area contributed by atoms with E-state index in [1.807, 2.05) is 16.3 Å². The Morgan fingerprint density at radius 2 is 2.47 bits per heavy atom. The summed E-state index contributed by atoms with van der Waals surface area (Å²) in [6, 6.07) is 4.10. The largest absolute Gasteiger partial charge is 0.376 e. The van der Waals surface area contributed by atoms with Gasteiger partial charge in [0.25, 0.3) is 0 Å². The van der Waals surface area contributed by atoms with Gasteiger partial charge in [-0.3, -0.25) is 4.79 Å². The molecule has 106 valence electrons. The first kappa shape index (κ1) is 14.5. The first-order valence-corrected chi connectivity index (χ1v) is 7.79. The summed E-state index contributed by atoms with van der Waals surface area (Å²) in [4.78, 5) is 15.4. The fourth-order valence-electron chi connectivity index (χ4n) is 2.29. The number of carbonyl (C=O) groups is 1. The fourth-order valence-corrected chi connectivity index (χ4v) is 3.01. The van der Waals surface area contributed by atoms with Gasteiger partial charge in [-0.15, -0.1) is 11.3 Å². The third kappa shape index (κ3) is 4.60. The molecule has 1 saturated heterocycles. The van der Waals surface area contributed by atoms with Crippen LogP contribution < -0.4 is 5.73 Å². The summed E-state index contributed by atoms with van der Waals surface area (Å²) >= 11 is 1.69. The zero-order chi connectivity index (χ0) is 13.5. The van der Waals surface area contributed by atoms with Crippen LogP contribution in [0, 0.1) is 0 Å². The van der Waals surface area contributed by atoms with Crippen LogP contribution in [0.25, 0.3) is 0 Å². The Labute approximate surface area is 118 Å². The second-order valence-electron chi connectivity index (χ2n) is 4.88. The van der Waals surface area contributed by atoms with E-state index in [2.05, 4.69) is 6.07 Å². The molecule has 4 nitrogen and oxygen atoms in total. The summed E-state index contributed by atoms with van der Waals surface area (Å²) < 4.78 is 5.64. The van der Waals surface area contributed by atoms with Crippen LogP contribution in [0.1, 0.15) is 30.6 Å². The van der Waals surface area contributed by atoms with Gasteiger partial charge in [-0.25, -0.2) is 0 Å². The van der Waals surface area contributed by atoms with Crippen molar-refractivity contribution in [3.63, 3.8) is 0 Å². The predicted molar refractivity (Wildman–Crippen MR) is 77.0 cm³/mol. The molecule has 2 N–H and O–H groups in total. The first-order valence-electron chi connectivity index (χ1n) is 6.91. The van der Waals surface area contributed by atoms with Gasteiger partial charge in [0.15, 0.2) is 0 Å². The van der Waals surface area contributed by atoms with Crippen LogP contribution >= 0.6 is 11.3 Å². The highest BCUT2D eigenvalue weighted by Crippen LogP contribution is 2.18. The number of amides is 1. The molecule has 1 unspecified atom stereocenters. The molecule has 0 spiro atoms. The number of thiophene rings is 1. The highest BCUT2D eigenvalue weighted by Gasteiger charge is 2.22. The number of rotatable bonds is 7.